The third-order valence-corrected chi connectivity index (χ3v) is 4.20. The number of imide groups is 1. The largest absolute Gasteiger partial charge is 0.439 e. The zero-order chi connectivity index (χ0) is 18.2. The Bertz CT molecular complexity index is 698. The third-order valence-electron chi connectivity index (χ3n) is 4.20. The van der Waals surface area contributed by atoms with Crippen LogP contribution in [0.25, 0.3) is 0 Å². The molecule has 0 aliphatic carbocycles. The van der Waals surface area contributed by atoms with E-state index in [2.05, 4.69) is 4.74 Å². The van der Waals surface area contributed by atoms with E-state index in [1.807, 2.05) is 0 Å². The van der Waals surface area contributed by atoms with Gasteiger partial charge in [0.15, 0.2) is 6.61 Å². The van der Waals surface area contributed by atoms with E-state index in [-0.39, 0.29) is 31.4 Å². The number of carbonyl (C=O) groups is 3. The highest BCUT2D eigenvalue weighted by Gasteiger charge is 2.38. The molecule has 1 aromatic rings. The minimum atomic E-state index is -4.45. The number of hydrogen-bond donors (Lipinski definition) is 0. The Morgan fingerprint density at radius 1 is 1.24 bits per heavy atom. The van der Waals surface area contributed by atoms with Gasteiger partial charge in [-0.25, -0.2) is 9.69 Å². The van der Waals surface area contributed by atoms with Gasteiger partial charge in [0.05, 0.1) is 12.0 Å². The van der Waals surface area contributed by atoms with Crippen molar-refractivity contribution in [1.82, 2.24) is 9.80 Å². The van der Waals surface area contributed by atoms with E-state index >= 15 is 0 Å². The smallest absolute Gasteiger partial charge is 0.417 e. The lowest BCUT2D eigenvalue weighted by Crippen LogP contribution is -2.54. The van der Waals surface area contributed by atoms with E-state index in [1.165, 1.54) is 17.0 Å². The first-order chi connectivity index (χ1) is 11.7. The molecule has 9 heteroatoms. The van der Waals surface area contributed by atoms with Crippen molar-refractivity contribution in [3.8, 4) is 0 Å². The van der Waals surface area contributed by atoms with Gasteiger partial charge in [-0.15, -0.1) is 0 Å². The van der Waals surface area contributed by atoms with Gasteiger partial charge in [0.25, 0.3) is 5.91 Å². The average molecular weight is 356 g/mol. The van der Waals surface area contributed by atoms with Crippen LogP contribution in [0, 0.1) is 5.92 Å². The summed E-state index contributed by atoms with van der Waals surface area (Å²) in [4.78, 5) is 37.4. The van der Waals surface area contributed by atoms with Crippen LogP contribution in [0.4, 0.5) is 18.0 Å². The maximum Gasteiger partial charge on any atom is 0.417 e. The van der Waals surface area contributed by atoms with Crippen LogP contribution in [0.1, 0.15) is 11.1 Å². The van der Waals surface area contributed by atoms with Gasteiger partial charge in [0.2, 0.25) is 5.91 Å². The standard InChI is InChI=1S/C16H15F3N2O4/c17-16(18,19)12-3-1-2-10(4-12)5-13(22)20-6-11(7-20)8-21-14(23)9-25-15(21)24/h1-4,11H,5-9H2. The summed E-state index contributed by atoms with van der Waals surface area (Å²) in [6, 6.07) is 4.67. The third kappa shape index (κ3) is 3.75. The molecule has 1 aromatic carbocycles. The summed E-state index contributed by atoms with van der Waals surface area (Å²) in [6.45, 7) is 0.637. The molecule has 0 bridgehead atoms. The molecule has 0 atom stereocenters. The molecule has 25 heavy (non-hydrogen) atoms. The lowest BCUT2D eigenvalue weighted by atomic mass is 9.98. The first-order valence-electron chi connectivity index (χ1n) is 7.65. The number of likely N-dealkylation sites (tertiary alicyclic amines) is 1. The fourth-order valence-corrected chi connectivity index (χ4v) is 2.85. The number of halogens is 3. The maximum atomic E-state index is 12.7. The first-order valence-corrected chi connectivity index (χ1v) is 7.65. The van der Waals surface area contributed by atoms with Gasteiger partial charge >= 0.3 is 12.3 Å². The molecule has 2 aliphatic heterocycles. The zero-order valence-corrected chi connectivity index (χ0v) is 13.1. The van der Waals surface area contributed by atoms with Crippen molar-refractivity contribution in [3.05, 3.63) is 35.4 Å². The molecule has 2 saturated heterocycles. The molecule has 6 nitrogen and oxygen atoms in total. The second-order valence-corrected chi connectivity index (χ2v) is 6.10. The molecule has 2 fully saturated rings. The first kappa shape index (κ1) is 17.2. The number of carbonyl (C=O) groups excluding carboxylic acids is 3. The van der Waals surface area contributed by atoms with Crippen LogP contribution < -0.4 is 0 Å². The molecule has 2 heterocycles. The van der Waals surface area contributed by atoms with Crippen molar-refractivity contribution in [2.75, 3.05) is 26.2 Å². The van der Waals surface area contributed by atoms with Crippen LogP contribution in [0.5, 0.6) is 0 Å². The quantitative estimate of drug-likeness (QED) is 0.823. The van der Waals surface area contributed by atoms with Gasteiger partial charge in [-0.3, -0.25) is 9.59 Å². The van der Waals surface area contributed by atoms with Crippen molar-refractivity contribution in [2.24, 2.45) is 5.92 Å². The minimum absolute atomic E-state index is 0.0416. The van der Waals surface area contributed by atoms with Gasteiger partial charge in [-0.05, 0) is 11.6 Å². The monoisotopic (exact) mass is 356 g/mol. The lowest BCUT2D eigenvalue weighted by molar-refractivity contribution is -0.139. The number of ether oxygens (including phenoxy) is 1. The van der Waals surface area contributed by atoms with Crippen molar-refractivity contribution < 1.29 is 32.3 Å². The van der Waals surface area contributed by atoms with Crippen LogP contribution in [0.3, 0.4) is 0 Å². The van der Waals surface area contributed by atoms with Gasteiger partial charge in [-0.1, -0.05) is 18.2 Å². The summed E-state index contributed by atoms with van der Waals surface area (Å²) < 4.78 is 42.7. The molecule has 3 rings (SSSR count). The summed E-state index contributed by atoms with van der Waals surface area (Å²) >= 11 is 0. The molecule has 0 N–H and O–H groups in total. The number of nitrogens with zero attached hydrogens (tertiary/aromatic N) is 2. The number of alkyl halides is 3. The van der Waals surface area contributed by atoms with E-state index in [0.717, 1.165) is 17.0 Å². The summed E-state index contributed by atoms with van der Waals surface area (Å²) in [5, 5.41) is 0. The Balaban J connectivity index is 1.51. The van der Waals surface area contributed by atoms with Crippen LogP contribution in [0.2, 0.25) is 0 Å². The van der Waals surface area contributed by atoms with E-state index < -0.39 is 23.7 Å². The molecule has 0 aromatic heterocycles. The van der Waals surface area contributed by atoms with E-state index in [1.54, 1.807) is 0 Å². The molecular formula is C16H15F3N2O4. The Morgan fingerprint density at radius 3 is 2.56 bits per heavy atom. The molecule has 0 saturated carbocycles. The van der Waals surface area contributed by atoms with Crippen molar-refractivity contribution >= 4 is 17.9 Å². The number of hydrogen-bond acceptors (Lipinski definition) is 4. The van der Waals surface area contributed by atoms with Crippen molar-refractivity contribution in [3.63, 3.8) is 0 Å². The van der Waals surface area contributed by atoms with E-state index in [4.69, 9.17) is 0 Å². The molecule has 134 valence electrons. The average Bonchev–Trinajstić information content (AvgIpc) is 2.81. The van der Waals surface area contributed by atoms with Crippen LogP contribution in [-0.2, 0) is 26.9 Å². The topological polar surface area (TPSA) is 66.9 Å². The van der Waals surface area contributed by atoms with Gasteiger partial charge < -0.3 is 9.64 Å². The highest BCUT2D eigenvalue weighted by molar-refractivity contribution is 5.97. The second kappa shape index (κ2) is 6.38. The molecule has 0 radical (unpaired) electrons. The normalized spacial score (nSPS) is 18.4. The number of benzene rings is 1. The van der Waals surface area contributed by atoms with E-state index in [0.29, 0.717) is 18.7 Å². The molecule has 3 amide bonds. The summed E-state index contributed by atoms with van der Waals surface area (Å²) in [5.41, 5.74) is -0.494. The molecule has 2 aliphatic rings. The lowest BCUT2D eigenvalue weighted by Gasteiger charge is -2.40. The Hall–Kier alpha value is -2.58. The number of amides is 3. The summed E-state index contributed by atoms with van der Waals surface area (Å²) in [7, 11) is 0. The maximum absolute atomic E-state index is 12.7. The molecular weight excluding hydrogens is 341 g/mol. The number of rotatable bonds is 4. The van der Waals surface area contributed by atoms with Gasteiger partial charge in [0.1, 0.15) is 0 Å². The van der Waals surface area contributed by atoms with Crippen LogP contribution >= 0.6 is 0 Å². The predicted molar refractivity (Wildman–Crippen MR) is 78.3 cm³/mol. The van der Waals surface area contributed by atoms with Crippen molar-refractivity contribution in [2.45, 2.75) is 12.6 Å². The predicted octanol–water partition coefficient (Wildman–Crippen LogP) is 1.69. The SMILES string of the molecule is O=C(Cc1cccc(C(F)(F)F)c1)N1CC(CN2C(=O)COC2=O)C1. The molecule has 0 unspecified atom stereocenters. The highest BCUT2D eigenvalue weighted by atomic mass is 19.4. The van der Waals surface area contributed by atoms with Gasteiger partial charge in [-0.2, -0.15) is 13.2 Å². The van der Waals surface area contributed by atoms with Gasteiger partial charge in [0, 0.05) is 25.6 Å². The Morgan fingerprint density at radius 2 is 1.96 bits per heavy atom. The van der Waals surface area contributed by atoms with E-state index in [9.17, 15) is 27.6 Å². The fraction of sp³-hybridized carbons (Fsp3) is 0.438. The summed E-state index contributed by atoms with van der Waals surface area (Å²) in [6.07, 6.45) is -5.25. The van der Waals surface area contributed by atoms with Crippen molar-refractivity contribution in [1.29, 1.82) is 0 Å². The molecule has 0 spiro atoms. The van der Waals surface area contributed by atoms with Crippen LogP contribution in [0.15, 0.2) is 24.3 Å². The number of cyclic esters (lactones) is 1. The highest BCUT2D eigenvalue weighted by Crippen LogP contribution is 2.30. The fourth-order valence-electron chi connectivity index (χ4n) is 2.85. The zero-order valence-electron chi connectivity index (χ0n) is 13.1. The Kier molecular flexibility index (Phi) is 4.40. The summed E-state index contributed by atoms with van der Waals surface area (Å²) in [5.74, 6) is -0.732. The second-order valence-electron chi connectivity index (χ2n) is 6.10. The minimum Gasteiger partial charge on any atom is -0.439 e. The Labute approximate surface area is 141 Å². The van der Waals surface area contributed by atoms with Crippen LogP contribution in [-0.4, -0.2) is 53.9 Å².